The molecule has 1 aliphatic heterocycles. The number of hydrogen-bond acceptors (Lipinski definition) is 3. The minimum atomic E-state index is 0.883. The molecule has 0 unspecified atom stereocenters. The number of likely N-dealkylation sites (tertiary alicyclic amines) is 1. The molecule has 158 valence electrons. The highest BCUT2D eigenvalue weighted by Crippen LogP contribution is 2.33. The van der Waals surface area contributed by atoms with Crippen LogP contribution in [-0.4, -0.2) is 32.6 Å². The van der Waals surface area contributed by atoms with Crippen LogP contribution in [0.2, 0.25) is 0 Å². The zero-order valence-electron chi connectivity index (χ0n) is 18.3. The summed E-state index contributed by atoms with van der Waals surface area (Å²) in [5.41, 5.74) is 8.02. The SMILES string of the molecule is Cc1ccc(-c2cnn3cc(-c4ccc(CN5CCCC5)cc4)cnc23)c2ccccc12. The van der Waals surface area contributed by atoms with Crippen molar-refractivity contribution in [1.29, 1.82) is 0 Å². The van der Waals surface area contributed by atoms with E-state index in [4.69, 9.17) is 4.98 Å². The Kier molecular flexibility index (Phi) is 4.73. The molecular weight excluding hydrogens is 392 g/mol. The highest BCUT2D eigenvalue weighted by molar-refractivity contribution is 6.01. The van der Waals surface area contributed by atoms with Crippen molar-refractivity contribution in [2.75, 3.05) is 13.1 Å². The molecule has 1 fully saturated rings. The van der Waals surface area contributed by atoms with Gasteiger partial charge in [0.2, 0.25) is 0 Å². The summed E-state index contributed by atoms with van der Waals surface area (Å²) in [7, 11) is 0. The van der Waals surface area contributed by atoms with Crippen LogP contribution in [0.3, 0.4) is 0 Å². The van der Waals surface area contributed by atoms with Gasteiger partial charge in [-0.15, -0.1) is 0 Å². The predicted octanol–water partition coefficient (Wildman–Crippen LogP) is 6.12. The monoisotopic (exact) mass is 418 g/mol. The lowest BCUT2D eigenvalue weighted by Crippen LogP contribution is -2.18. The second-order valence-electron chi connectivity index (χ2n) is 8.82. The van der Waals surface area contributed by atoms with Crippen molar-refractivity contribution < 1.29 is 0 Å². The van der Waals surface area contributed by atoms with Crippen molar-refractivity contribution in [3.8, 4) is 22.3 Å². The van der Waals surface area contributed by atoms with E-state index >= 15 is 0 Å². The number of rotatable bonds is 4. The van der Waals surface area contributed by atoms with Crippen LogP contribution in [0.1, 0.15) is 24.0 Å². The first kappa shape index (κ1) is 19.2. The minimum Gasteiger partial charge on any atom is -0.299 e. The van der Waals surface area contributed by atoms with Crippen LogP contribution in [0.4, 0.5) is 0 Å². The van der Waals surface area contributed by atoms with Crippen molar-refractivity contribution in [2.45, 2.75) is 26.3 Å². The van der Waals surface area contributed by atoms with E-state index in [1.165, 1.54) is 59.0 Å². The van der Waals surface area contributed by atoms with E-state index in [1.54, 1.807) is 0 Å². The molecule has 0 aliphatic carbocycles. The predicted molar refractivity (Wildman–Crippen MR) is 131 cm³/mol. The first-order valence-electron chi connectivity index (χ1n) is 11.4. The van der Waals surface area contributed by atoms with Gasteiger partial charge in [-0.25, -0.2) is 9.50 Å². The summed E-state index contributed by atoms with van der Waals surface area (Å²) >= 11 is 0. The smallest absolute Gasteiger partial charge is 0.162 e. The lowest BCUT2D eigenvalue weighted by atomic mass is 9.97. The first-order chi connectivity index (χ1) is 15.8. The number of hydrogen-bond donors (Lipinski definition) is 0. The van der Waals surface area contributed by atoms with Gasteiger partial charge in [0.15, 0.2) is 5.65 Å². The van der Waals surface area contributed by atoms with Gasteiger partial charge < -0.3 is 0 Å². The molecule has 0 atom stereocenters. The van der Waals surface area contributed by atoms with Crippen LogP contribution in [0.15, 0.2) is 79.3 Å². The number of fused-ring (bicyclic) bond motifs is 2. The van der Waals surface area contributed by atoms with Crippen molar-refractivity contribution in [3.05, 3.63) is 90.4 Å². The van der Waals surface area contributed by atoms with Gasteiger partial charge in [-0.1, -0.05) is 60.7 Å². The Labute approximate surface area is 188 Å². The summed E-state index contributed by atoms with van der Waals surface area (Å²) < 4.78 is 1.90. The van der Waals surface area contributed by atoms with E-state index in [2.05, 4.69) is 83.8 Å². The standard InChI is InChI=1S/C28H26N4/c1-20-8-13-26(25-7-3-2-6-24(20)25)27-17-30-32-19-23(16-29-28(27)32)22-11-9-21(10-12-22)18-31-14-4-5-15-31/h2-3,6-13,16-17,19H,4-5,14-15,18H2,1H3. The van der Waals surface area contributed by atoms with E-state index in [-0.39, 0.29) is 0 Å². The Morgan fingerprint density at radius 3 is 2.38 bits per heavy atom. The molecule has 6 rings (SSSR count). The van der Waals surface area contributed by atoms with Crippen molar-refractivity contribution >= 4 is 16.4 Å². The molecule has 0 N–H and O–H groups in total. The Balaban J connectivity index is 1.34. The van der Waals surface area contributed by atoms with Crippen molar-refractivity contribution in [1.82, 2.24) is 19.5 Å². The summed E-state index contributed by atoms with van der Waals surface area (Å²) in [5.74, 6) is 0. The van der Waals surface area contributed by atoms with E-state index in [9.17, 15) is 0 Å². The molecule has 0 radical (unpaired) electrons. The number of nitrogens with zero attached hydrogens (tertiary/aromatic N) is 4. The average Bonchev–Trinajstić information content (AvgIpc) is 3.50. The fourth-order valence-corrected chi connectivity index (χ4v) is 4.90. The second-order valence-corrected chi connectivity index (χ2v) is 8.82. The molecule has 2 aromatic heterocycles. The van der Waals surface area contributed by atoms with Crippen LogP contribution in [0.5, 0.6) is 0 Å². The number of benzene rings is 3. The van der Waals surface area contributed by atoms with E-state index in [0.29, 0.717) is 0 Å². The topological polar surface area (TPSA) is 33.4 Å². The van der Waals surface area contributed by atoms with Gasteiger partial charge in [0.1, 0.15) is 0 Å². The van der Waals surface area contributed by atoms with Crippen LogP contribution in [0.25, 0.3) is 38.7 Å². The van der Waals surface area contributed by atoms with Gasteiger partial charge in [-0.05, 0) is 65.9 Å². The Morgan fingerprint density at radius 2 is 1.56 bits per heavy atom. The third-order valence-corrected chi connectivity index (χ3v) is 6.68. The Bertz CT molecular complexity index is 1410. The molecule has 0 saturated carbocycles. The fourth-order valence-electron chi connectivity index (χ4n) is 4.90. The second kappa shape index (κ2) is 7.88. The molecule has 0 amide bonds. The molecule has 1 aliphatic rings. The van der Waals surface area contributed by atoms with Gasteiger partial charge in [0.05, 0.1) is 6.20 Å². The highest BCUT2D eigenvalue weighted by atomic mass is 15.2. The van der Waals surface area contributed by atoms with E-state index in [1.807, 2.05) is 16.9 Å². The van der Waals surface area contributed by atoms with Gasteiger partial charge >= 0.3 is 0 Å². The van der Waals surface area contributed by atoms with Crippen LogP contribution in [0, 0.1) is 6.92 Å². The van der Waals surface area contributed by atoms with E-state index in [0.717, 1.165) is 23.3 Å². The third-order valence-electron chi connectivity index (χ3n) is 6.68. The van der Waals surface area contributed by atoms with Crippen LogP contribution < -0.4 is 0 Å². The van der Waals surface area contributed by atoms with Gasteiger partial charge in [-0.3, -0.25) is 4.90 Å². The zero-order valence-corrected chi connectivity index (χ0v) is 18.3. The molecule has 4 nitrogen and oxygen atoms in total. The summed E-state index contributed by atoms with van der Waals surface area (Å²) in [6.45, 7) is 5.65. The largest absolute Gasteiger partial charge is 0.299 e. The number of aromatic nitrogens is 3. The lowest BCUT2D eigenvalue weighted by Gasteiger charge is -2.14. The normalized spacial score (nSPS) is 14.5. The highest BCUT2D eigenvalue weighted by Gasteiger charge is 2.14. The average molecular weight is 419 g/mol. The van der Waals surface area contributed by atoms with Crippen molar-refractivity contribution in [2.24, 2.45) is 0 Å². The molecule has 3 heterocycles. The van der Waals surface area contributed by atoms with Gasteiger partial charge in [0.25, 0.3) is 0 Å². The zero-order chi connectivity index (χ0) is 21.5. The maximum absolute atomic E-state index is 4.82. The number of aryl methyl sites for hydroxylation is 1. The minimum absolute atomic E-state index is 0.883. The van der Waals surface area contributed by atoms with Crippen molar-refractivity contribution in [3.63, 3.8) is 0 Å². The van der Waals surface area contributed by atoms with Gasteiger partial charge in [-0.2, -0.15) is 5.10 Å². The fraction of sp³-hybridized carbons (Fsp3) is 0.214. The maximum Gasteiger partial charge on any atom is 0.162 e. The Morgan fingerprint density at radius 1 is 0.781 bits per heavy atom. The molecule has 4 heteroatoms. The molecule has 0 spiro atoms. The summed E-state index contributed by atoms with van der Waals surface area (Å²) in [4.78, 5) is 7.35. The molecule has 1 saturated heterocycles. The first-order valence-corrected chi connectivity index (χ1v) is 11.4. The summed E-state index contributed by atoms with van der Waals surface area (Å²) in [5, 5.41) is 7.15. The lowest BCUT2D eigenvalue weighted by molar-refractivity contribution is 0.331. The quantitative estimate of drug-likeness (QED) is 0.352. The molecule has 5 aromatic rings. The van der Waals surface area contributed by atoms with E-state index < -0.39 is 0 Å². The maximum atomic E-state index is 4.82. The molecule has 0 bridgehead atoms. The third kappa shape index (κ3) is 3.37. The molecule has 3 aromatic carbocycles. The summed E-state index contributed by atoms with van der Waals surface area (Å²) in [6.07, 6.45) is 8.63. The van der Waals surface area contributed by atoms with Crippen LogP contribution in [-0.2, 0) is 6.54 Å². The Hall–Kier alpha value is -3.50. The van der Waals surface area contributed by atoms with Crippen LogP contribution >= 0.6 is 0 Å². The molecule has 32 heavy (non-hydrogen) atoms. The summed E-state index contributed by atoms with van der Waals surface area (Å²) in [6, 6.07) is 21.8. The van der Waals surface area contributed by atoms with Gasteiger partial charge in [0, 0.05) is 30.1 Å². The molecular formula is C28H26N4.